The molecule has 3 aliphatic rings. The quantitative estimate of drug-likeness (QED) is 0.183. The van der Waals surface area contributed by atoms with Gasteiger partial charge in [0.15, 0.2) is 0 Å². The maximum atomic E-state index is 13.8. The Hall–Kier alpha value is -3.53. The van der Waals surface area contributed by atoms with Crippen LogP contribution in [0.4, 0.5) is 0 Å². The summed E-state index contributed by atoms with van der Waals surface area (Å²) >= 11 is 1.55. The number of phenolic OH excluding ortho intramolecular Hbond substituents is 1. The van der Waals surface area contributed by atoms with E-state index in [4.69, 9.17) is 4.65 Å². The highest BCUT2D eigenvalue weighted by molar-refractivity contribution is 7.09. The highest BCUT2D eigenvalue weighted by atomic mass is 32.1. The number of rotatable bonds is 9. The fraction of sp³-hybridized carbons (Fsp3) is 0.364. The van der Waals surface area contributed by atoms with Crippen LogP contribution in [0.15, 0.2) is 77.3 Å². The van der Waals surface area contributed by atoms with Gasteiger partial charge in [-0.25, -0.2) is 0 Å². The molecule has 0 bridgehead atoms. The molecule has 2 aromatic heterocycles. The van der Waals surface area contributed by atoms with Gasteiger partial charge in [-0.05, 0) is 96.4 Å². The van der Waals surface area contributed by atoms with Crippen molar-refractivity contribution in [3.05, 3.63) is 93.5 Å². The number of aromatic hydroxyl groups is 1. The molecule has 0 saturated carbocycles. The Morgan fingerprint density at radius 2 is 2.02 bits per heavy atom. The molecule has 2 aliphatic heterocycles. The summed E-state index contributed by atoms with van der Waals surface area (Å²) in [7, 11) is -1.01. The maximum Gasteiger partial charge on any atom is 0.455 e. The minimum Gasteiger partial charge on any atom is -0.508 e. The number of pyridine rings is 1. The molecule has 1 aliphatic carbocycles. The van der Waals surface area contributed by atoms with Crippen molar-refractivity contribution in [3.63, 3.8) is 0 Å². The zero-order valence-corrected chi connectivity index (χ0v) is 24.5. The number of benzene rings is 1. The number of aromatic nitrogens is 1. The molecule has 6 rings (SSSR count). The summed E-state index contributed by atoms with van der Waals surface area (Å²) in [6.07, 6.45) is 7.28. The van der Waals surface area contributed by atoms with E-state index < -0.39 is 13.0 Å². The van der Waals surface area contributed by atoms with Gasteiger partial charge in [-0.2, -0.15) is 0 Å². The van der Waals surface area contributed by atoms with Gasteiger partial charge in [0.25, 0.3) is 0 Å². The molecule has 2 N–H and O–H groups in total. The Morgan fingerprint density at radius 3 is 2.76 bits per heavy atom. The van der Waals surface area contributed by atoms with Gasteiger partial charge in [-0.15, -0.1) is 11.3 Å². The van der Waals surface area contributed by atoms with Crippen molar-refractivity contribution in [1.82, 2.24) is 9.88 Å². The molecule has 9 heteroatoms. The highest BCUT2D eigenvalue weighted by Gasteiger charge is 2.57. The van der Waals surface area contributed by atoms with E-state index >= 15 is 0 Å². The molecule has 1 aromatic carbocycles. The van der Waals surface area contributed by atoms with E-state index in [-0.39, 0.29) is 35.5 Å². The predicted molar refractivity (Wildman–Crippen MR) is 164 cm³/mol. The average molecular weight is 583 g/mol. The minimum atomic E-state index is -1.01. The Kier molecular flexibility index (Phi) is 8.42. The van der Waals surface area contributed by atoms with Gasteiger partial charge in [-0.1, -0.05) is 43.2 Å². The van der Waals surface area contributed by atoms with Crippen molar-refractivity contribution < 1.29 is 24.4 Å². The molecule has 2 saturated heterocycles. The van der Waals surface area contributed by atoms with Gasteiger partial charge in [0, 0.05) is 11.1 Å². The number of fused-ring (bicyclic) bond motifs is 3. The molecule has 2 fully saturated rings. The van der Waals surface area contributed by atoms with Crippen molar-refractivity contribution in [1.29, 1.82) is 0 Å². The fourth-order valence-electron chi connectivity index (χ4n) is 7.01. The van der Waals surface area contributed by atoms with Crippen LogP contribution in [0, 0.1) is 17.8 Å². The summed E-state index contributed by atoms with van der Waals surface area (Å²) in [5.41, 5.74) is 5.00. The monoisotopic (exact) mass is 582 g/mol. The second kappa shape index (κ2) is 12.4. The smallest absolute Gasteiger partial charge is 0.455 e. The van der Waals surface area contributed by atoms with Gasteiger partial charge >= 0.3 is 7.12 Å². The first-order chi connectivity index (χ1) is 20.4. The number of likely N-dealkylation sites (tertiary alicyclic amines) is 1. The van der Waals surface area contributed by atoms with Gasteiger partial charge in [0.1, 0.15) is 5.75 Å². The summed E-state index contributed by atoms with van der Waals surface area (Å²) in [6, 6.07) is 16.8. The number of hydrogen-bond acceptors (Lipinski definition) is 7. The third kappa shape index (κ3) is 5.73. The summed E-state index contributed by atoms with van der Waals surface area (Å²) in [4.78, 5) is 34.4. The average Bonchev–Trinajstić information content (AvgIpc) is 3.58. The van der Waals surface area contributed by atoms with E-state index in [0.29, 0.717) is 32.1 Å². The van der Waals surface area contributed by atoms with Gasteiger partial charge in [-0.3, -0.25) is 19.5 Å². The van der Waals surface area contributed by atoms with Crippen LogP contribution in [0.5, 0.6) is 5.75 Å². The highest BCUT2D eigenvalue weighted by Crippen LogP contribution is 2.51. The first kappa shape index (κ1) is 28.6. The fourth-order valence-corrected chi connectivity index (χ4v) is 7.70. The lowest BCUT2D eigenvalue weighted by Crippen LogP contribution is -2.46. The van der Waals surface area contributed by atoms with Crippen LogP contribution in [0.3, 0.4) is 0 Å². The number of carbonyl (C=O) groups excluding carboxylic acids is 2. The number of amides is 2. The second-order valence-electron chi connectivity index (χ2n) is 11.4. The molecule has 3 aromatic rings. The molecule has 0 spiro atoms. The van der Waals surface area contributed by atoms with Crippen LogP contribution >= 0.6 is 11.3 Å². The number of phenols is 1. The van der Waals surface area contributed by atoms with Crippen molar-refractivity contribution in [3.8, 4) is 5.75 Å². The van der Waals surface area contributed by atoms with Crippen molar-refractivity contribution in [2.45, 2.75) is 58.0 Å². The molecule has 4 atom stereocenters. The number of carbonyl (C=O) groups is 2. The largest absolute Gasteiger partial charge is 0.508 e. The van der Waals surface area contributed by atoms with E-state index in [2.05, 4.69) is 11.9 Å². The van der Waals surface area contributed by atoms with Crippen molar-refractivity contribution >= 4 is 41.9 Å². The van der Waals surface area contributed by atoms with Crippen LogP contribution in [0.1, 0.15) is 55.2 Å². The van der Waals surface area contributed by atoms with Gasteiger partial charge in [0.2, 0.25) is 11.8 Å². The third-order valence-corrected chi connectivity index (χ3v) is 9.59. The SMILES string of the molecule is CCCC1=C2[C@@H](CC/C(=C/c3cccc(O)c3)c3ccccn3)OB(O)C[C@@H]2[C@@H]2C(=O)N(Cc3cccs3)C(=O)[C@@H]2C1. The first-order valence-electron chi connectivity index (χ1n) is 14.8. The van der Waals surface area contributed by atoms with Crippen LogP contribution in [-0.2, 0) is 20.8 Å². The zero-order chi connectivity index (χ0) is 29.2. The minimum absolute atomic E-state index is 0.0879. The Labute approximate surface area is 250 Å². The number of thiophene rings is 1. The lowest BCUT2D eigenvalue weighted by Gasteiger charge is -2.43. The molecular formula is C33H35BN2O5S. The van der Waals surface area contributed by atoms with Crippen molar-refractivity contribution in [2.75, 3.05) is 0 Å². The zero-order valence-electron chi connectivity index (χ0n) is 23.7. The predicted octanol–water partition coefficient (Wildman–Crippen LogP) is 5.97. The standard InChI is InChI=1S/C33H35BN2O5S/c1-2-7-23-18-26-31(33(39)36(32(26)38)20-25-10-6-15-42-25)27-19-34(40)41-29(30(23)27)13-12-22(28-11-3-4-14-35-28)16-21-8-5-9-24(37)17-21/h3-6,8-11,14-17,26-27,29,31,37,40H,2,7,12-13,18-20H2,1H3/b22-16-/t26-,27+,29-,31-/m1/s1. The van der Waals surface area contributed by atoms with E-state index in [1.54, 1.807) is 29.7 Å². The normalized spacial score (nSPS) is 24.3. The molecule has 7 nitrogen and oxygen atoms in total. The molecule has 42 heavy (non-hydrogen) atoms. The van der Waals surface area contributed by atoms with E-state index in [1.807, 2.05) is 53.9 Å². The summed E-state index contributed by atoms with van der Waals surface area (Å²) in [6.45, 7) is 2.44. The van der Waals surface area contributed by atoms with Gasteiger partial charge in [0.05, 0.1) is 30.2 Å². The third-order valence-electron chi connectivity index (χ3n) is 8.73. The first-order valence-corrected chi connectivity index (χ1v) is 15.6. The van der Waals surface area contributed by atoms with E-state index in [0.717, 1.165) is 40.1 Å². The molecule has 4 heterocycles. The summed E-state index contributed by atoms with van der Waals surface area (Å²) in [5, 5.41) is 22.9. The lowest BCUT2D eigenvalue weighted by molar-refractivity contribution is -0.140. The van der Waals surface area contributed by atoms with Crippen LogP contribution in [0.25, 0.3) is 11.6 Å². The second-order valence-corrected chi connectivity index (χ2v) is 12.5. The number of hydrogen-bond donors (Lipinski definition) is 2. The number of imide groups is 1. The molecule has 0 unspecified atom stereocenters. The summed E-state index contributed by atoms with van der Waals surface area (Å²) < 4.78 is 6.21. The number of nitrogens with zero attached hydrogens (tertiary/aromatic N) is 2. The van der Waals surface area contributed by atoms with Crippen LogP contribution in [-0.4, -0.2) is 45.1 Å². The molecule has 0 radical (unpaired) electrons. The topological polar surface area (TPSA) is 100.0 Å². The molecular weight excluding hydrogens is 547 g/mol. The Morgan fingerprint density at radius 1 is 1.14 bits per heavy atom. The van der Waals surface area contributed by atoms with E-state index in [1.165, 1.54) is 10.5 Å². The van der Waals surface area contributed by atoms with Crippen LogP contribution in [0.2, 0.25) is 6.32 Å². The molecule has 216 valence electrons. The number of allylic oxidation sites excluding steroid dienone is 2. The molecule has 2 amide bonds. The Bertz CT molecular complexity index is 1510. The summed E-state index contributed by atoms with van der Waals surface area (Å²) in [5.74, 6) is -1.09. The van der Waals surface area contributed by atoms with E-state index in [9.17, 15) is 19.7 Å². The maximum absolute atomic E-state index is 13.8. The van der Waals surface area contributed by atoms with Crippen molar-refractivity contribution in [2.24, 2.45) is 17.8 Å². The van der Waals surface area contributed by atoms with Gasteiger partial charge < -0.3 is 14.8 Å². The Balaban J connectivity index is 1.30. The van der Waals surface area contributed by atoms with Crippen LogP contribution < -0.4 is 0 Å². The lowest BCUT2D eigenvalue weighted by atomic mass is 9.58.